The van der Waals surface area contributed by atoms with E-state index in [0.717, 1.165) is 20.6 Å². The van der Waals surface area contributed by atoms with Crippen LogP contribution >= 0.6 is 22.6 Å². The van der Waals surface area contributed by atoms with E-state index in [-0.39, 0.29) is 17.9 Å². The maximum Gasteiger partial charge on any atom is 0.187 e. The smallest absolute Gasteiger partial charge is 0.187 e. The third-order valence-corrected chi connectivity index (χ3v) is 3.55. The summed E-state index contributed by atoms with van der Waals surface area (Å²) in [5, 5.41) is 0. The minimum atomic E-state index is -0.296. The van der Waals surface area contributed by atoms with E-state index in [9.17, 15) is 4.79 Å². The summed E-state index contributed by atoms with van der Waals surface area (Å²) in [4.78, 5) is 21.0. The summed E-state index contributed by atoms with van der Waals surface area (Å²) in [6, 6.07) is -0.102. The predicted molar refractivity (Wildman–Crippen MR) is 83.8 cm³/mol. The van der Waals surface area contributed by atoms with E-state index in [4.69, 9.17) is 0 Å². The number of halogens is 1. The van der Waals surface area contributed by atoms with Crippen molar-refractivity contribution >= 4 is 37.8 Å². The Bertz CT molecular complexity index is 538. The summed E-state index contributed by atoms with van der Waals surface area (Å²) in [6.07, 6.45) is 7.82. The molecule has 0 bridgehead atoms. The van der Waals surface area contributed by atoms with Gasteiger partial charge in [-0.2, -0.15) is 0 Å². The molecule has 3 nitrogen and oxygen atoms in total. The highest BCUT2D eigenvalue weighted by molar-refractivity contribution is 14.1. The van der Waals surface area contributed by atoms with Gasteiger partial charge in [0.05, 0.1) is 15.5 Å². The Hall–Kier alpha value is -1.04. The maximum absolute atomic E-state index is 12.2. The Morgan fingerprint density at radius 2 is 2.11 bits per heavy atom. The van der Waals surface area contributed by atoms with Crippen molar-refractivity contribution in [2.24, 2.45) is 9.98 Å². The number of allylic oxidation sites excluding steroid dienone is 4. The van der Waals surface area contributed by atoms with Crippen molar-refractivity contribution in [3.05, 3.63) is 35.5 Å². The van der Waals surface area contributed by atoms with Crippen molar-refractivity contribution in [2.75, 3.05) is 0 Å². The fourth-order valence-electron chi connectivity index (χ4n) is 2.04. The molecule has 2 aliphatic rings. The number of nitrogens with zero attached hydrogens (tertiary/aromatic N) is 2. The third kappa shape index (κ3) is 2.53. The van der Waals surface area contributed by atoms with E-state index < -0.39 is 0 Å². The predicted octanol–water partition coefficient (Wildman–Crippen LogP) is 3.06. The van der Waals surface area contributed by atoms with Crippen molar-refractivity contribution in [2.45, 2.75) is 32.9 Å². The van der Waals surface area contributed by atoms with Crippen molar-refractivity contribution < 1.29 is 4.79 Å². The molecular weight excluding hydrogens is 339 g/mol. The van der Waals surface area contributed by atoms with Gasteiger partial charge in [-0.1, -0.05) is 12.2 Å². The highest BCUT2D eigenvalue weighted by atomic mass is 127. The molecule has 2 atom stereocenters. The fraction of sp³-hybridized carbons (Fsp3) is 0.357. The molecule has 2 aliphatic heterocycles. The van der Waals surface area contributed by atoms with Gasteiger partial charge in [0.15, 0.2) is 5.78 Å². The molecule has 0 aliphatic carbocycles. The number of ketones is 1. The van der Waals surface area contributed by atoms with E-state index in [2.05, 4.69) is 32.6 Å². The number of hydrogen-bond acceptors (Lipinski definition) is 3. The zero-order valence-corrected chi connectivity index (χ0v) is 12.8. The Morgan fingerprint density at radius 3 is 2.67 bits per heavy atom. The molecule has 2 heterocycles. The van der Waals surface area contributed by atoms with Crippen LogP contribution in [0, 0.1) is 0 Å². The van der Waals surface area contributed by atoms with Crippen LogP contribution in [0.5, 0.6) is 0 Å². The highest BCUT2D eigenvalue weighted by Gasteiger charge is 2.26. The van der Waals surface area contributed by atoms with Crippen molar-refractivity contribution in [1.29, 1.82) is 0 Å². The largest absolute Gasteiger partial charge is 0.292 e. The molecule has 0 amide bonds. The van der Waals surface area contributed by atoms with Gasteiger partial charge in [-0.3, -0.25) is 14.8 Å². The van der Waals surface area contributed by atoms with E-state index in [1.165, 1.54) is 0 Å². The van der Waals surface area contributed by atoms with Gasteiger partial charge in [0.1, 0.15) is 6.04 Å². The molecule has 0 saturated heterocycles. The van der Waals surface area contributed by atoms with Gasteiger partial charge in [-0.05, 0) is 55.5 Å². The molecule has 0 radical (unpaired) electrons. The van der Waals surface area contributed by atoms with E-state index in [1.54, 1.807) is 0 Å². The van der Waals surface area contributed by atoms with Crippen molar-refractivity contribution in [1.82, 2.24) is 0 Å². The summed E-state index contributed by atoms with van der Waals surface area (Å²) in [7, 11) is 0. The van der Waals surface area contributed by atoms with E-state index in [1.807, 2.05) is 45.1 Å². The molecule has 0 aromatic rings. The lowest BCUT2D eigenvalue weighted by atomic mass is 9.92. The Labute approximate surface area is 121 Å². The average Bonchev–Trinajstić information content (AvgIpc) is 2.73. The van der Waals surface area contributed by atoms with Crippen LogP contribution in [0.4, 0.5) is 0 Å². The number of dihydropyridines is 1. The molecular formula is C14H15IN2O. The lowest BCUT2D eigenvalue weighted by molar-refractivity contribution is -0.116. The second-order valence-electron chi connectivity index (χ2n) is 4.37. The quantitative estimate of drug-likeness (QED) is 0.703. The number of carbonyl (C=O) groups is 1. The second-order valence-corrected chi connectivity index (χ2v) is 5.47. The van der Waals surface area contributed by atoms with Crippen LogP contribution in [0.2, 0.25) is 0 Å². The zero-order valence-electron chi connectivity index (χ0n) is 10.6. The summed E-state index contributed by atoms with van der Waals surface area (Å²) in [6.45, 7) is 5.80. The minimum Gasteiger partial charge on any atom is -0.292 e. The molecule has 0 spiro atoms. The van der Waals surface area contributed by atoms with Gasteiger partial charge < -0.3 is 0 Å². The normalized spacial score (nSPS) is 28.1. The topological polar surface area (TPSA) is 41.8 Å². The number of aliphatic imine (C=N–C) groups is 2. The first-order valence-corrected chi connectivity index (χ1v) is 7.03. The Balaban J connectivity index is 2.41. The average molecular weight is 354 g/mol. The molecule has 0 aromatic carbocycles. The fourth-order valence-corrected chi connectivity index (χ4v) is 2.77. The van der Waals surface area contributed by atoms with Crippen molar-refractivity contribution in [3.63, 3.8) is 0 Å². The molecule has 2 rings (SSSR count). The van der Waals surface area contributed by atoms with Crippen LogP contribution in [0.25, 0.3) is 0 Å². The van der Waals surface area contributed by atoms with Crippen LogP contribution < -0.4 is 0 Å². The molecule has 0 fully saturated rings. The molecule has 2 unspecified atom stereocenters. The first kappa shape index (κ1) is 13.4. The molecule has 18 heavy (non-hydrogen) atoms. The Kier molecular flexibility index (Phi) is 3.94. The number of rotatable bonds is 2. The standard InChI is InChI=1S/C14H15IN2O/c1-4-10(12-6-5-8(2)16-12)11-7-13(15)17-9(3)14(11)18/h4-9H,1-3H3/b10-4-. The summed E-state index contributed by atoms with van der Waals surface area (Å²) < 4.78 is 0.865. The lowest BCUT2D eigenvalue weighted by Gasteiger charge is -2.17. The second kappa shape index (κ2) is 5.30. The van der Waals surface area contributed by atoms with E-state index >= 15 is 0 Å². The molecule has 0 saturated carbocycles. The van der Waals surface area contributed by atoms with Gasteiger partial charge >= 0.3 is 0 Å². The Morgan fingerprint density at radius 1 is 1.39 bits per heavy atom. The van der Waals surface area contributed by atoms with Gasteiger partial charge in [-0.25, -0.2) is 0 Å². The van der Waals surface area contributed by atoms with Gasteiger partial charge in [0, 0.05) is 11.1 Å². The van der Waals surface area contributed by atoms with Gasteiger partial charge in [0.2, 0.25) is 0 Å². The molecule has 0 aromatic heterocycles. The molecule has 0 N–H and O–H groups in total. The third-order valence-electron chi connectivity index (χ3n) is 2.96. The van der Waals surface area contributed by atoms with Gasteiger partial charge in [0.25, 0.3) is 0 Å². The number of hydrogen-bond donors (Lipinski definition) is 0. The summed E-state index contributed by atoms with van der Waals surface area (Å²) in [5.41, 5.74) is 2.53. The highest BCUT2D eigenvalue weighted by Crippen LogP contribution is 2.24. The number of Topliss-reactive ketones (excluding diaryl/α,β-unsaturated/α-hetero) is 1. The van der Waals surface area contributed by atoms with Crippen LogP contribution in [0.1, 0.15) is 20.8 Å². The minimum absolute atomic E-state index is 0.0687. The number of carbonyl (C=O) groups excluding carboxylic acids is 1. The first-order chi connectivity index (χ1) is 8.52. The first-order valence-electron chi connectivity index (χ1n) is 5.95. The van der Waals surface area contributed by atoms with E-state index in [0.29, 0.717) is 0 Å². The van der Waals surface area contributed by atoms with Gasteiger partial charge in [-0.15, -0.1) is 0 Å². The summed E-state index contributed by atoms with van der Waals surface area (Å²) in [5.74, 6) is 0.0687. The molecule has 94 valence electrons. The lowest BCUT2D eigenvalue weighted by Crippen LogP contribution is -2.24. The monoisotopic (exact) mass is 354 g/mol. The van der Waals surface area contributed by atoms with Crippen LogP contribution in [-0.4, -0.2) is 27.3 Å². The van der Waals surface area contributed by atoms with Crippen LogP contribution in [-0.2, 0) is 4.79 Å². The van der Waals surface area contributed by atoms with Crippen LogP contribution in [0.15, 0.2) is 45.4 Å². The maximum atomic E-state index is 12.2. The zero-order chi connectivity index (χ0) is 13.3. The summed E-state index contributed by atoms with van der Waals surface area (Å²) >= 11 is 2.15. The SMILES string of the molecule is C/C=C(/C1=CC(I)=NC(C)C1=O)C1=NC(C)C=C1. The van der Waals surface area contributed by atoms with Crippen molar-refractivity contribution in [3.8, 4) is 0 Å². The molecule has 4 heteroatoms. The van der Waals surface area contributed by atoms with Crippen LogP contribution in [0.3, 0.4) is 0 Å².